The van der Waals surface area contributed by atoms with Gasteiger partial charge in [-0.05, 0) is 30.7 Å². The number of pyridine rings is 1. The highest BCUT2D eigenvalue weighted by molar-refractivity contribution is 5.87. The van der Waals surface area contributed by atoms with E-state index in [4.69, 9.17) is 14.7 Å². The molecule has 0 bridgehead atoms. The first-order valence-electron chi connectivity index (χ1n) is 9.48. The van der Waals surface area contributed by atoms with Crippen LogP contribution in [0.25, 0.3) is 10.9 Å². The van der Waals surface area contributed by atoms with E-state index >= 15 is 0 Å². The summed E-state index contributed by atoms with van der Waals surface area (Å²) < 4.78 is 5.48. The van der Waals surface area contributed by atoms with Crippen LogP contribution < -0.4 is 19.9 Å². The number of nitrogens with one attached hydrogen (secondary N) is 1. The number of rotatable bonds is 5. The van der Waals surface area contributed by atoms with Gasteiger partial charge in [-0.3, -0.25) is 4.98 Å². The predicted molar refractivity (Wildman–Crippen MR) is 112 cm³/mol. The number of nitrogens with zero attached hydrogens (tertiary/aromatic N) is 5. The van der Waals surface area contributed by atoms with E-state index in [2.05, 4.69) is 34.4 Å². The summed E-state index contributed by atoms with van der Waals surface area (Å²) in [5.74, 6) is 2.54. The van der Waals surface area contributed by atoms with Gasteiger partial charge in [0.15, 0.2) is 0 Å². The van der Waals surface area contributed by atoms with Crippen molar-refractivity contribution in [2.24, 2.45) is 0 Å². The fourth-order valence-corrected chi connectivity index (χ4v) is 3.68. The van der Waals surface area contributed by atoms with Crippen LogP contribution in [0.5, 0.6) is 5.75 Å². The second-order valence-electron chi connectivity index (χ2n) is 7.28. The van der Waals surface area contributed by atoms with Gasteiger partial charge in [0.2, 0.25) is 5.95 Å². The van der Waals surface area contributed by atoms with Gasteiger partial charge >= 0.3 is 0 Å². The van der Waals surface area contributed by atoms with Crippen molar-refractivity contribution in [3.05, 3.63) is 47.3 Å². The number of hydrogen-bond donors (Lipinski definition) is 1. The molecule has 28 heavy (non-hydrogen) atoms. The third-order valence-corrected chi connectivity index (χ3v) is 5.12. The summed E-state index contributed by atoms with van der Waals surface area (Å²) in [7, 11) is 7.73. The molecule has 1 aliphatic heterocycles. The van der Waals surface area contributed by atoms with Crippen LogP contribution in [-0.4, -0.2) is 49.7 Å². The lowest BCUT2D eigenvalue weighted by Crippen LogP contribution is -2.30. The minimum Gasteiger partial charge on any atom is -0.494 e. The Hall–Kier alpha value is -2.93. The van der Waals surface area contributed by atoms with Gasteiger partial charge in [0.1, 0.15) is 17.1 Å². The largest absolute Gasteiger partial charge is 0.494 e. The Balaban J connectivity index is 1.74. The monoisotopic (exact) mass is 378 g/mol. The molecule has 0 saturated carbocycles. The van der Waals surface area contributed by atoms with Gasteiger partial charge < -0.3 is 19.9 Å². The summed E-state index contributed by atoms with van der Waals surface area (Å²) in [6.45, 7) is 2.47. The van der Waals surface area contributed by atoms with E-state index in [-0.39, 0.29) is 0 Å². The van der Waals surface area contributed by atoms with Crippen LogP contribution in [0.3, 0.4) is 0 Å². The van der Waals surface area contributed by atoms with E-state index in [1.165, 1.54) is 11.1 Å². The van der Waals surface area contributed by atoms with Crippen molar-refractivity contribution in [2.75, 3.05) is 44.6 Å². The van der Waals surface area contributed by atoms with E-state index in [1.54, 1.807) is 13.3 Å². The standard InChI is InChI=1S/C21H26N6O/c1-26(2)21-24-17-12-22-11-9-16(17)20(25-21)27(3)13-14-7-8-18(28-4)19-15(14)6-5-10-23-19/h5-8,10,22H,9,11-13H2,1-4H3. The minimum absolute atomic E-state index is 0.732. The molecule has 0 unspecified atom stereocenters. The van der Waals surface area contributed by atoms with E-state index in [1.807, 2.05) is 31.1 Å². The van der Waals surface area contributed by atoms with Gasteiger partial charge in [-0.15, -0.1) is 0 Å². The smallest absolute Gasteiger partial charge is 0.227 e. The highest BCUT2D eigenvalue weighted by Crippen LogP contribution is 2.30. The zero-order valence-electron chi connectivity index (χ0n) is 16.9. The van der Waals surface area contributed by atoms with E-state index in [0.717, 1.165) is 60.2 Å². The van der Waals surface area contributed by atoms with Crippen LogP contribution in [0.4, 0.5) is 11.8 Å². The van der Waals surface area contributed by atoms with Crippen molar-refractivity contribution in [1.82, 2.24) is 20.3 Å². The number of anilines is 2. The molecule has 0 radical (unpaired) electrons. The SMILES string of the molecule is COc1ccc(CN(C)c2nc(N(C)C)nc3c2CCNC3)c2cccnc12. The fourth-order valence-electron chi connectivity index (χ4n) is 3.68. The van der Waals surface area contributed by atoms with Crippen LogP contribution in [0, 0.1) is 0 Å². The second kappa shape index (κ2) is 7.59. The molecule has 146 valence electrons. The van der Waals surface area contributed by atoms with Gasteiger partial charge in [-0.1, -0.05) is 12.1 Å². The van der Waals surface area contributed by atoms with Gasteiger partial charge in [-0.25, -0.2) is 4.98 Å². The topological polar surface area (TPSA) is 66.4 Å². The lowest BCUT2D eigenvalue weighted by molar-refractivity contribution is 0.419. The minimum atomic E-state index is 0.732. The molecule has 1 N–H and O–H groups in total. The summed E-state index contributed by atoms with van der Waals surface area (Å²) in [4.78, 5) is 18.3. The summed E-state index contributed by atoms with van der Waals surface area (Å²) in [6.07, 6.45) is 2.74. The first-order valence-corrected chi connectivity index (χ1v) is 9.48. The molecule has 3 heterocycles. The van der Waals surface area contributed by atoms with Crippen LogP contribution >= 0.6 is 0 Å². The van der Waals surface area contributed by atoms with Crippen molar-refractivity contribution in [3.63, 3.8) is 0 Å². The van der Waals surface area contributed by atoms with E-state index < -0.39 is 0 Å². The van der Waals surface area contributed by atoms with Crippen molar-refractivity contribution < 1.29 is 4.74 Å². The maximum Gasteiger partial charge on any atom is 0.227 e. The molecule has 1 aliphatic rings. The molecule has 0 spiro atoms. The Morgan fingerprint density at radius 3 is 2.79 bits per heavy atom. The molecule has 0 fully saturated rings. The van der Waals surface area contributed by atoms with Gasteiger partial charge in [0, 0.05) is 51.4 Å². The Kier molecular flexibility index (Phi) is 5.00. The van der Waals surface area contributed by atoms with Crippen molar-refractivity contribution >= 4 is 22.7 Å². The number of methoxy groups -OCH3 is 1. The predicted octanol–water partition coefficient (Wildman–Crippen LogP) is 2.38. The Morgan fingerprint density at radius 1 is 1.14 bits per heavy atom. The second-order valence-corrected chi connectivity index (χ2v) is 7.28. The van der Waals surface area contributed by atoms with E-state index in [0.29, 0.717) is 0 Å². The molecule has 0 atom stereocenters. The Bertz CT molecular complexity index is 1000. The Labute approximate surface area is 165 Å². The van der Waals surface area contributed by atoms with Crippen molar-refractivity contribution in [1.29, 1.82) is 0 Å². The fraction of sp³-hybridized carbons (Fsp3) is 0.381. The zero-order chi connectivity index (χ0) is 19.7. The summed E-state index contributed by atoms with van der Waals surface area (Å²) in [5, 5.41) is 4.51. The lowest BCUT2D eigenvalue weighted by Gasteiger charge is -2.27. The van der Waals surface area contributed by atoms with Crippen LogP contribution in [0.15, 0.2) is 30.5 Å². The van der Waals surface area contributed by atoms with Gasteiger partial charge in [0.05, 0.1) is 12.8 Å². The molecular weight excluding hydrogens is 352 g/mol. The van der Waals surface area contributed by atoms with E-state index in [9.17, 15) is 0 Å². The maximum absolute atomic E-state index is 5.48. The van der Waals surface area contributed by atoms with Gasteiger partial charge in [-0.2, -0.15) is 4.98 Å². The molecular formula is C21H26N6O. The average molecular weight is 378 g/mol. The lowest BCUT2D eigenvalue weighted by atomic mass is 10.0. The highest BCUT2D eigenvalue weighted by atomic mass is 16.5. The normalized spacial score (nSPS) is 13.3. The first kappa shape index (κ1) is 18.4. The summed E-state index contributed by atoms with van der Waals surface area (Å²) in [6, 6.07) is 8.16. The summed E-state index contributed by atoms with van der Waals surface area (Å²) >= 11 is 0. The van der Waals surface area contributed by atoms with Crippen molar-refractivity contribution in [2.45, 2.75) is 19.5 Å². The third kappa shape index (κ3) is 3.33. The van der Waals surface area contributed by atoms with Crippen LogP contribution in [0.1, 0.15) is 16.8 Å². The number of benzene rings is 1. The molecule has 0 saturated heterocycles. The zero-order valence-corrected chi connectivity index (χ0v) is 16.9. The number of hydrogen-bond acceptors (Lipinski definition) is 7. The molecule has 0 amide bonds. The number of fused-ring (bicyclic) bond motifs is 2. The maximum atomic E-state index is 5.48. The van der Waals surface area contributed by atoms with Crippen LogP contribution in [0.2, 0.25) is 0 Å². The Morgan fingerprint density at radius 2 is 2.00 bits per heavy atom. The summed E-state index contributed by atoms with van der Waals surface area (Å²) in [5.41, 5.74) is 4.41. The number of ether oxygens (including phenoxy) is 1. The highest BCUT2D eigenvalue weighted by Gasteiger charge is 2.21. The quantitative estimate of drug-likeness (QED) is 0.731. The third-order valence-electron chi connectivity index (χ3n) is 5.12. The molecule has 0 aliphatic carbocycles. The van der Waals surface area contributed by atoms with Crippen LogP contribution in [-0.2, 0) is 19.5 Å². The average Bonchev–Trinajstić information content (AvgIpc) is 2.73. The molecule has 1 aromatic carbocycles. The molecule has 7 nitrogen and oxygen atoms in total. The molecule has 3 aromatic rings. The van der Waals surface area contributed by atoms with Crippen molar-refractivity contribution in [3.8, 4) is 5.75 Å². The van der Waals surface area contributed by atoms with Gasteiger partial charge in [0.25, 0.3) is 0 Å². The first-order chi connectivity index (χ1) is 13.6. The molecule has 7 heteroatoms. The molecule has 4 rings (SSSR count). The molecule has 2 aromatic heterocycles. The number of aromatic nitrogens is 3.